The molecule has 1 aromatic rings. The third-order valence-electron chi connectivity index (χ3n) is 1.65. The number of halogens is 1. The summed E-state index contributed by atoms with van der Waals surface area (Å²) in [5, 5.41) is 0. The van der Waals surface area contributed by atoms with Crippen LogP contribution in [0.4, 0.5) is 0 Å². The van der Waals surface area contributed by atoms with E-state index in [1.165, 1.54) is 12.2 Å². The van der Waals surface area contributed by atoms with Crippen molar-refractivity contribution < 1.29 is 9.53 Å². The largest absolute Gasteiger partial charge is 0.463 e. The topological polar surface area (TPSA) is 26.3 Å². The standard InChI is InChI=1S/C13H11BrO2/c1-2-16-13(15)6-4-3-5-11-7-9-12(14)10-8-11/h4,6-10H,2H2,1H3/b6-4-. The molecule has 3 heteroatoms. The molecular formula is C13H11BrO2. The first-order valence-corrected chi connectivity index (χ1v) is 5.62. The normalized spacial score (nSPS) is 9.62. The molecular weight excluding hydrogens is 268 g/mol. The number of benzene rings is 1. The molecule has 0 atom stereocenters. The maximum atomic E-state index is 10.9. The molecule has 0 radical (unpaired) electrons. The quantitative estimate of drug-likeness (QED) is 0.472. The van der Waals surface area contributed by atoms with E-state index in [0.29, 0.717) is 6.61 Å². The van der Waals surface area contributed by atoms with E-state index < -0.39 is 0 Å². The van der Waals surface area contributed by atoms with Crippen LogP contribution in [-0.2, 0) is 9.53 Å². The summed E-state index contributed by atoms with van der Waals surface area (Å²) in [5.74, 6) is 5.30. The second-order valence-corrected chi connectivity index (χ2v) is 3.78. The molecule has 0 unspecified atom stereocenters. The molecule has 0 fully saturated rings. The van der Waals surface area contributed by atoms with Gasteiger partial charge in [-0.3, -0.25) is 0 Å². The van der Waals surface area contributed by atoms with Crippen molar-refractivity contribution in [2.24, 2.45) is 0 Å². The van der Waals surface area contributed by atoms with Crippen molar-refractivity contribution in [1.82, 2.24) is 0 Å². The Bertz CT molecular complexity index is 435. The molecule has 0 aliphatic rings. The molecule has 0 saturated carbocycles. The fourth-order valence-electron chi connectivity index (χ4n) is 0.958. The molecule has 0 spiro atoms. The minimum atomic E-state index is -0.368. The second-order valence-electron chi connectivity index (χ2n) is 2.86. The average molecular weight is 279 g/mol. The predicted molar refractivity (Wildman–Crippen MR) is 66.8 cm³/mol. The minimum absolute atomic E-state index is 0.368. The van der Waals surface area contributed by atoms with E-state index in [0.717, 1.165) is 10.0 Å². The average Bonchev–Trinajstić information content (AvgIpc) is 2.27. The number of carbonyl (C=O) groups is 1. The highest BCUT2D eigenvalue weighted by Gasteiger charge is 1.90. The fraction of sp³-hybridized carbons (Fsp3) is 0.154. The van der Waals surface area contributed by atoms with Crippen molar-refractivity contribution in [1.29, 1.82) is 0 Å². The van der Waals surface area contributed by atoms with Crippen LogP contribution in [0.5, 0.6) is 0 Å². The summed E-state index contributed by atoms with van der Waals surface area (Å²) in [7, 11) is 0. The first-order chi connectivity index (χ1) is 7.72. The summed E-state index contributed by atoms with van der Waals surface area (Å²) in [6.45, 7) is 2.14. The maximum Gasteiger partial charge on any atom is 0.331 e. The summed E-state index contributed by atoms with van der Waals surface area (Å²) < 4.78 is 5.72. The van der Waals surface area contributed by atoms with Crippen LogP contribution in [0.2, 0.25) is 0 Å². The Hall–Kier alpha value is -1.53. The highest BCUT2D eigenvalue weighted by molar-refractivity contribution is 9.10. The van der Waals surface area contributed by atoms with Gasteiger partial charge in [0.05, 0.1) is 6.61 Å². The molecule has 2 nitrogen and oxygen atoms in total. The van der Waals surface area contributed by atoms with Gasteiger partial charge in [0.15, 0.2) is 0 Å². The number of allylic oxidation sites excluding steroid dienone is 1. The molecule has 0 aromatic heterocycles. The van der Waals surface area contributed by atoms with E-state index in [-0.39, 0.29) is 5.97 Å². The highest BCUT2D eigenvalue weighted by Crippen LogP contribution is 2.09. The molecule has 0 N–H and O–H groups in total. The summed E-state index contributed by atoms with van der Waals surface area (Å²) in [4.78, 5) is 10.9. The van der Waals surface area contributed by atoms with E-state index >= 15 is 0 Å². The van der Waals surface area contributed by atoms with Gasteiger partial charge >= 0.3 is 5.97 Å². The van der Waals surface area contributed by atoms with Crippen molar-refractivity contribution in [3.05, 3.63) is 46.5 Å². The SMILES string of the molecule is CCOC(=O)/C=C\C#Cc1ccc(Br)cc1. The van der Waals surface area contributed by atoms with Gasteiger partial charge in [0.1, 0.15) is 0 Å². The van der Waals surface area contributed by atoms with Crippen LogP contribution in [0.25, 0.3) is 0 Å². The lowest BCUT2D eigenvalue weighted by atomic mass is 10.2. The Labute approximate surface area is 103 Å². The molecule has 1 rings (SSSR count). The van der Waals surface area contributed by atoms with Gasteiger partial charge in [0, 0.05) is 16.1 Å². The van der Waals surface area contributed by atoms with Gasteiger partial charge < -0.3 is 4.74 Å². The molecule has 1 aromatic carbocycles. The number of ether oxygens (including phenoxy) is 1. The Kier molecular flexibility index (Phi) is 5.38. The zero-order valence-corrected chi connectivity index (χ0v) is 10.5. The van der Waals surface area contributed by atoms with Crippen molar-refractivity contribution in [2.45, 2.75) is 6.92 Å². The lowest BCUT2D eigenvalue weighted by Crippen LogP contribution is -1.98. The fourth-order valence-corrected chi connectivity index (χ4v) is 1.22. The second kappa shape index (κ2) is 6.86. The molecule has 16 heavy (non-hydrogen) atoms. The number of hydrogen-bond donors (Lipinski definition) is 0. The zero-order chi connectivity index (χ0) is 11.8. The van der Waals surface area contributed by atoms with Crippen LogP contribution in [0.15, 0.2) is 40.9 Å². The van der Waals surface area contributed by atoms with E-state index in [1.807, 2.05) is 24.3 Å². The van der Waals surface area contributed by atoms with Crippen LogP contribution in [0.1, 0.15) is 12.5 Å². The molecule has 0 heterocycles. The monoisotopic (exact) mass is 278 g/mol. The lowest BCUT2D eigenvalue weighted by molar-refractivity contribution is -0.137. The van der Waals surface area contributed by atoms with Crippen molar-refractivity contribution in [3.8, 4) is 11.8 Å². The Morgan fingerprint density at radius 3 is 2.75 bits per heavy atom. The van der Waals surface area contributed by atoms with Crippen molar-refractivity contribution >= 4 is 21.9 Å². The number of esters is 1. The van der Waals surface area contributed by atoms with Gasteiger partial charge in [-0.05, 0) is 37.3 Å². The predicted octanol–water partition coefficient (Wildman–Crippen LogP) is 2.92. The third-order valence-corrected chi connectivity index (χ3v) is 2.18. The third kappa shape index (κ3) is 4.81. The Morgan fingerprint density at radius 2 is 2.12 bits per heavy atom. The van der Waals surface area contributed by atoms with Gasteiger partial charge in [-0.25, -0.2) is 4.79 Å². The van der Waals surface area contributed by atoms with Gasteiger partial charge in [0.2, 0.25) is 0 Å². The molecule has 0 aliphatic carbocycles. The molecule has 0 amide bonds. The van der Waals surface area contributed by atoms with E-state index in [9.17, 15) is 4.79 Å². The summed E-state index contributed by atoms with van der Waals surface area (Å²) in [6.07, 6.45) is 2.80. The smallest absolute Gasteiger partial charge is 0.331 e. The zero-order valence-electron chi connectivity index (χ0n) is 8.87. The van der Waals surface area contributed by atoms with Gasteiger partial charge in [-0.1, -0.05) is 27.8 Å². The van der Waals surface area contributed by atoms with Gasteiger partial charge in [-0.15, -0.1) is 0 Å². The van der Waals surface area contributed by atoms with Crippen LogP contribution >= 0.6 is 15.9 Å². The van der Waals surface area contributed by atoms with E-state index in [4.69, 9.17) is 4.74 Å². The van der Waals surface area contributed by atoms with E-state index in [2.05, 4.69) is 27.8 Å². The highest BCUT2D eigenvalue weighted by atomic mass is 79.9. The Balaban J connectivity index is 2.55. The van der Waals surface area contributed by atoms with Crippen LogP contribution < -0.4 is 0 Å². The first-order valence-electron chi connectivity index (χ1n) is 4.83. The number of rotatable bonds is 2. The molecule has 0 aliphatic heterocycles. The van der Waals surface area contributed by atoms with Crippen LogP contribution in [-0.4, -0.2) is 12.6 Å². The van der Waals surface area contributed by atoms with Crippen molar-refractivity contribution in [3.63, 3.8) is 0 Å². The van der Waals surface area contributed by atoms with Crippen LogP contribution in [0, 0.1) is 11.8 Å². The molecule has 82 valence electrons. The minimum Gasteiger partial charge on any atom is -0.463 e. The molecule has 0 saturated heterocycles. The molecule has 0 bridgehead atoms. The van der Waals surface area contributed by atoms with Crippen molar-refractivity contribution in [2.75, 3.05) is 6.61 Å². The lowest BCUT2D eigenvalue weighted by Gasteiger charge is -1.92. The van der Waals surface area contributed by atoms with Gasteiger partial charge in [0.25, 0.3) is 0 Å². The number of hydrogen-bond acceptors (Lipinski definition) is 2. The first kappa shape index (κ1) is 12.5. The van der Waals surface area contributed by atoms with Gasteiger partial charge in [-0.2, -0.15) is 0 Å². The number of carbonyl (C=O) groups excluding carboxylic acids is 1. The summed E-state index contributed by atoms with van der Waals surface area (Å²) in [6, 6.07) is 7.63. The Morgan fingerprint density at radius 1 is 1.44 bits per heavy atom. The summed E-state index contributed by atoms with van der Waals surface area (Å²) in [5.41, 5.74) is 0.900. The maximum absolute atomic E-state index is 10.9. The summed E-state index contributed by atoms with van der Waals surface area (Å²) >= 11 is 3.34. The van der Waals surface area contributed by atoms with Crippen LogP contribution in [0.3, 0.4) is 0 Å². The van der Waals surface area contributed by atoms with E-state index in [1.54, 1.807) is 6.92 Å².